The molecule has 8 nitrogen and oxygen atoms in total. The van der Waals surface area contributed by atoms with Crippen LogP contribution < -0.4 is 5.32 Å². The van der Waals surface area contributed by atoms with Crippen LogP contribution in [-0.2, 0) is 14.3 Å². The molecule has 1 heterocycles. The van der Waals surface area contributed by atoms with Crippen molar-refractivity contribution in [1.29, 1.82) is 0 Å². The lowest BCUT2D eigenvalue weighted by Gasteiger charge is -2.34. The van der Waals surface area contributed by atoms with E-state index in [1.807, 2.05) is 0 Å². The highest BCUT2D eigenvalue weighted by Gasteiger charge is 2.21. The van der Waals surface area contributed by atoms with Gasteiger partial charge in [0.1, 0.15) is 0 Å². The molecule has 20 heavy (non-hydrogen) atoms. The Morgan fingerprint density at radius 1 is 1.15 bits per heavy atom. The van der Waals surface area contributed by atoms with E-state index < -0.39 is 5.97 Å². The van der Waals surface area contributed by atoms with E-state index in [0.29, 0.717) is 39.1 Å². The number of hydrogen-bond donors (Lipinski definition) is 2. The standard InChI is InChI=1S/C12H21N3O5/c1-20-11(18)3-5-14-6-8-15(9-7-14)12(19)13-4-2-10(16)17/h2-9H2,1H3,(H,13,19)(H,16,17). The van der Waals surface area contributed by atoms with Crippen LogP contribution in [0.15, 0.2) is 0 Å². The molecular weight excluding hydrogens is 266 g/mol. The summed E-state index contributed by atoms with van der Waals surface area (Å²) in [5.74, 6) is -1.17. The number of carboxylic acids is 1. The van der Waals surface area contributed by atoms with Gasteiger partial charge in [-0.25, -0.2) is 4.79 Å². The first-order valence-corrected chi connectivity index (χ1v) is 6.56. The summed E-state index contributed by atoms with van der Waals surface area (Å²) in [5, 5.41) is 11.1. The quantitative estimate of drug-likeness (QED) is 0.630. The van der Waals surface area contributed by atoms with Crippen LogP contribution in [0.5, 0.6) is 0 Å². The van der Waals surface area contributed by atoms with E-state index in [9.17, 15) is 14.4 Å². The number of esters is 1. The van der Waals surface area contributed by atoms with Crippen LogP contribution in [0, 0.1) is 0 Å². The van der Waals surface area contributed by atoms with Crippen molar-refractivity contribution in [2.75, 3.05) is 46.4 Å². The Kier molecular flexibility index (Phi) is 6.78. The number of nitrogens with one attached hydrogen (secondary N) is 1. The van der Waals surface area contributed by atoms with Gasteiger partial charge < -0.3 is 20.1 Å². The summed E-state index contributed by atoms with van der Waals surface area (Å²) in [6, 6.07) is -0.237. The summed E-state index contributed by atoms with van der Waals surface area (Å²) in [5.41, 5.74) is 0. The molecule has 0 spiro atoms. The van der Waals surface area contributed by atoms with E-state index in [-0.39, 0.29) is 25.0 Å². The van der Waals surface area contributed by atoms with Gasteiger partial charge in [0.15, 0.2) is 0 Å². The van der Waals surface area contributed by atoms with E-state index in [4.69, 9.17) is 5.11 Å². The van der Waals surface area contributed by atoms with Crippen LogP contribution in [0.4, 0.5) is 4.79 Å². The topological polar surface area (TPSA) is 99.2 Å². The van der Waals surface area contributed by atoms with Crippen LogP contribution in [0.25, 0.3) is 0 Å². The second-order valence-corrected chi connectivity index (χ2v) is 4.53. The lowest BCUT2D eigenvalue weighted by atomic mass is 10.3. The average molecular weight is 287 g/mol. The van der Waals surface area contributed by atoms with Crippen LogP contribution in [0.1, 0.15) is 12.8 Å². The number of piperazine rings is 1. The van der Waals surface area contributed by atoms with Crippen molar-refractivity contribution in [1.82, 2.24) is 15.1 Å². The summed E-state index contributed by atoms with van der Waals surface area (Å²) >= 11 is 0. The SMILES string of the molecule is COC(=O)CCN1CCN(C(=O)NCCC(=O)O)CC1. The fourth-order valence-corrected chi connectivity index (χ4v) is 1.91. The van der Waals surface area contributed by atoms with Crippen LogP contribution in [0.3, 0.4) is 0 Å². The van der Waals surface area contributed by atoms with Gasteiger partial charge in [0.25, 0.3) is 0 Å². The Labute approximate surface area is 117 Å². The molecule has 2 amide bonds. The van der Waals surface area contributed by atoms with Gasteiger partial charge in [0.05, 0.1) is 20.0 Å². The number of rotatable bonds is 6. The Morgan fingerprint density at radius 2 is 1.80 bits per heavy atom. The maximum absolute atomic E-state index is 11.7. The normalized spacial score (nSPS) is 15.8. The first-order valence-electron chi connectivity index (χ1n) is 6.56. The van der Waals surface area contributed by atoms with E-state index in [1.54, 1.807) is 4.90 Å². The summed E-state index contributed by atoms with van der Waals surface area (Å²) in [6.45, 7) is 3.30. The van der Waals surface area contributed by atoms with Gasteiger partial charge in [-0.05, 0) is 0 Å². The van der Waals surface area contributed by atoms with Gasteiger partial charge in [-0.3, -0.25) is 14.5 Å². The number of methoxy groups -OCH3 is 1. The third-order valence-electron chi connectivity index (χ3n) is 3.13. The van der Waals surface area contributed by atoms with Gasteiger partial charge in [-0.15, -0.1) is 0 Å². The van der Waals surface area contributed by atoms with E-state index in [2.05, 4.69) is 15.0 Å². The number of carboxylic acid groups (broad SMARTS) is 1. The number of urea groups is 1. The molecule has 0 radical (unpaired) electrons. The van der Waals surface area contributed by atoms with Crippen molar-refractivity contribution in [3.8, 4) is 0 Å². The zero-order valence-electron chi connectivity index (χ0n) is 11.6. The second-order valence-electron chi connectivity index (χ2n) is 4.53. The number of hydrogen-bond acceptors (Lipinski definition) is 5. The Hall–Kier alpha value is -1.83. The molecule has 1 aliphatic heterocycles. The molecule has 0 aromatic carbocycles. The first-order chi connectivity index (χ1) is 9.52. The summed E-state index contributed by atoms with van der Waals surface area (Å²) in [6.07, 6.45) is 0.270. The fraction of sp³-hybridized carbons (Fsp3) is 0.750. The first kappa shape index (κ1) is 16.2. The molecule has 0 bridgehead atoms. The number of ether oxygens (including phenoxy) is 1. The molecule has 0 aliphatic carbocycles. The predicted octanol–water partition coefficient (Wildman–Crippen LogP) is -0.649. The molecule has 1 aliphatic rings. The summed E-state index contributed by atoms with van der Waals surface area (Å²) < 4.78 is 4.58. The second kappa shape index (κ2) is 8.36. The highest BCUT2D eigenvalue weighted by molar-refractivity contribution is 5.75. The van der Waals surface area contributed by atoms with Crippen LogP contribution in [-0.4, -0.2) is 79.3 Å². The number of carbonyl (C=O) groups is 3. The van der Waals surface area contributed by atoms with Crippen LogP contribution in [0.2, 0.25) is 0 Å². The minimum Gasteiger partial charge on any atom is -0.481 e. The molecule has 1 fully saturated rings. The van der Waals surface area contributed by atoms with Crippen molar-refractivity contribution < 1.29 is 24.2 Å². The predicted molar refractivity (Wildman–Crippen MR) is 70.3 cm³/mol. The maximum atomic E-state index is 11.7. The Morgan fingerprint density at radius 3 is 2.35 bits per heavy atom. The highest BCUT2D eigenvalue weighted by atomic mass is 16.5. The van der Waals surface area contributed by atoms with Gasteiger partial charge >= 0.3 is 18.0 Å². The van der Waals surface area contributed by atoms with Crippen molar-refractivity contribution in [2.24, 2.45) is 0 Å². The molecule has 0 unspecified atom stereocenters. The molecule has 0 aromatic heterocycles. The van der Waals surface area contributed by atoms with Crippen molar-refractivity contribution >= 4 is 18.0 Å². The monoisotopic (exact) mass is 287 g/mol. The van der Waals surface area contributed by atoms with Crippen LogP contribution >= 0.6 is 0 Å². The molecule has 114 valence electrons. The molecule has 2 N–H and O–H groups in total. The molecule has 8 heteroatoms. The van der Waals surface area contributed by atoms with Gasteiger partial charge in [-0.1, -0.05) is 0 Å². The third-order valence-corrected chi connectivity index (χ3v) is 3.13. The maximum Gasteiger partial charge on any atom is 0.317 e. The van der Waals surface area contributed by atoms with Crippen molar-refractivity contribution in [2.45, 2.75) is 12.8 Å². The van der Waals surface area contributed by atoms with Crippen molar-refractivity contribution in [3.05, 3.63) is 0 Å². The zero-order chi connectivity index (χ0) is 15.0. The van der Waals surface area contributed by atoms with Crippen molar-refractivity contribution in [3.63, 3.8) is 0 Å². The number of carbonyl (C=O) groups excluding carboxylic acids is 2. The molecular formula is C12H21N3O5. The Balaban J connectivity index is 2.19. The summed E-state index contributed by atoms with van der Waals surface area (Å²) in [4.78, 5) is 36.8. The minimum atomic E-state index is -0.932. The van der Waals surface area contributed by atoms with Gasteiger partial charge in [0, 0.05) is 39.3 Å². The number of nitrogens with zero attached hydrogens (tertiary/aromatic N) is 2. The fourth-order valence-electron chi connectivity index (χ4n) is 1.91. The molecule has 1 rings (SSSR count). The van der Waals surface area contributed by atoms with E-state index >= 15 is 0 Å². The van der Waals surface area contributed by atoms with E-state index in [1.165, 1.54) is 7.11 Å². The largest absolute Gasteiger partial charge is 0.481 e. The number of aliphatic carboxylic acids is 1. The van der Waals surface area contributed by atoms with E-state index in [0.717, 1.165) is 0 Å². The third kappa shape index (κ3) is 5.87. The lowest BCUT2D eigenvalue weighted by Crippen LogP contribution is -2.52. The molecule has 0 saturated carbocycles. The number of amides is 2. The van der Waals surface area contributed by atoms with Gasteiger partial charge in [-0.2, -0.15) is 0 Å². The smallest absolute Gasteiger partial charge is 0.317 e. The lowest BCUT2D eigenvalue weighted by molar-refractivity contribution is -0.141. The van der Waals surface area contributed by atoms with Gasteiger partial charge in [0.2, 0.25) is 0 Å². The molecule has 0 atom stereocenters. The summed E-state index contributed by atoms with van der Waals surface area (Å²) in [7, 11) is 1.36. The molecule has 1 saturated heterocycles. The highest BCUT2D eigenvalue weighted by Crippen LogP contribution is 2.03. The average Bonchev–Trinajstić information content (AvgIpc) is 2.44. The minimum absolute atomic E-state index is 0.0785. The Bertz CT molecular complexity index is 353. The molecule has 0 aromatic rings. The zero-order valence-corrected chi connectivity index (χ0v) is 11.6.